The summed E-state index contributed by atoms with van der Waals surface area (Å²) in [6.07, 6.45) is 2.07. The number of aryl methyl sites for hydroxylation is 1. The van der Waals surface area contributed by atoms with E-state index in [4.69, 9.17) is 0 Å². The Hall–Kier alpha value is -3.53. The SMILES string of the molecule is COC(=O)CS(=O)(=O)c1ccc([C@@H](C)N(C=O)c2cc(-c3ccccc3)nn2C)cn1. The fraction of sp³-hybridized carbons (Fsp3) is 0.238. The monoisotopic (exact) mass is 442 g/mol. The first-order chi connectivity index (χ1) is 14.8. The fourth-order valence-corrected chi connectivity index (χ4v) is 4.13. The smallest absolute Gasteiger partial charge is 0.321 e. The Kier molecular flexibility index (Phi) is 6.50. The molecule has 0 unspecified atom stereocenters. The first kappa shape index (κ1) is 22.2. The number of amides is 1. The third kappa shape index (κ3) is 4.80. The number of rotatable bonds is 8. The van der Waals surface area contributed by atoms with Crippen molar-refractivity contribution in [2.24, 2.45) is 7.05 Å². The Morgan fingerprint density at radius 1 is 1.23 bits per heavy atom. The van der Waals surface area contributed by atoms with Gasteiger partial charge in [0.25, 0.3) is 0 Å². The molecule has 162 valence electrons. The second-order valence-electron chi connectivity index (χ2n) is 6.83. The molecule has 0 radical (unpaired) electrons. The van der Waals surface area contributed by atoms with Crippen LogP contribution >= 0.6 is 0 Å². The molecule has 9 nitrogen and oxygen atoms in total. The standard InChI is InChI=1S/C21H22N4O5S/c1-15(17-9-10-19(22-12-17)31(28,29)13-21(27)30-3)25(14-26)20-11-18(23-24(20)2)16-7-5-4-6-8-16/h4-12,14-15H,13H2,1-3H3/t15-/m1/s1. The van der Waals surface area contributed by atoms with Crippen LogP contribution in [-0.2, 0) is 31.2 Å². The van der Waals surface area contributed by atoms with E-state index >= 15 is 0 Å². The van der Waals surface area contributed by atoms with Crippen molar-refractivity contribution in [3.8, 4) is 11.3 Å². The highest BCUT2D eigenvalue weighted by Gasteiger charge is 2.24. The molecule has 0 spiro atoms. The third-order valence-electron chi connectivity index (χ3n) is 4.82. The van der Waals surface area contributed by atoms with Gasteiger partial charge >= 0.3 is 5.97 Å². The Bertz CT molecular complexity index is 1170. The maximum absolute atomic E-state index is 12.2. The van der Waals surface area contributed by atoms with Gasteiger partial charge in [-0.05, 0) is 18.6 Å². The molecule has 31 heavy (non-hydrogen) atoms. The summed E-state index contributed by atoms with van der Waals surface area (Å²) < 4.78 is 30.5. The molecule has 0 N–H and O–H groups in total. The number of benzene rings is 1. The average molecular weight is 442 g/mol. The summed E-state index contributed by atoms with van der Waals surface area (Å²) in [5.41, 5.74) is 2.26. The lowest BCUT2D eigenvalue weighted by Crippen LogP contribution is -2.27. The van der Waals surface area contributed by atoms with E-state index in [1.165, 1.54) is 17.2 Å². The van der Waals surface area contributed by atoms with Gasteiger partial charge < -0.3 is 4.74 Å². The number of pyridine rings is 1. The molecule has 0 aliphatic rings. The highest BCUT2D eigenvalue weighted by atomic mass is 32.2. The Balaban J connectivity index is 1.86. The van der Waals surface area contributed by atoms with Crippen LogP contribution in [0.4, 0.5) is 5.82 Å². The Morgan fingerprint density at radius 2 is 1.94 bits per heavy atom. The number of esters is 1. The average Bonchev–Trinajstić information content (AvgIpc) is 3.16. The van der Waals surface area contributed by atoms with Crippen LogP contribution in [0.3, 0.4) is 0 Å². The molecule has 0 fully saturated rings. The fourth-order valence-electron chi connectivity index (χ4n) is 3.06. The molecule has 1 atom stereocenters. The number of carbonyl (C=O) groups is 2. The van der Waals surface area contributed by atoms with Gasteiger partial charge in [-0.15, -0.1) is 0 Å². The van der Waals surface area contributed by atoms with E-state index in [1.54, 1.807) is 24.7 Å². The van der Waals surface area contributed by atoms with Gasteiger partial charge in [-0.1, -0.05) is 36.4 Å². The van der Waals surface area contributed by atoms with Crippen LogP contribution in [0.1, 0.15) is 18.5 Å². The predicted octanol–water partition coefficient (Wildman–Crippen LogP) is 2.15. The van der Waals surface area contributed by atoms with Crippen molar-refractivity contribution in [2.75, 3.05) is 17.8 Å². The van der Waals surface area contributed by atoms with Gasteiger partial charge in [0.1, 0.15) is 5.82 Å². The lowest BCUT2D eigenvalue weighted by molar-refractivity contribution is -0.137. The quantitative estimate of drug-likeness (QED) is 0.388. The van der Waals surface area contributed by atoms with Crippen LogP contribution in [0.5, 0.6) is 0 Å². The highest BCUT2D eigenvalue weighted by molar-refractivity contribution is 7.92. The lowest BCUT2D eigenvalue weighted by atomic mass is 10.1. The van der Waals surface area contributed by atoms with Crippen LogP contribution in [0.15, 0.2) is 59.8 Å². The van der Waals surface area contributed by atoms with Crippen molar-refractivity contribution >= 4 is 28.0 Å². The van der Waals surface area contributed by atoms with Crippen LogP contribution < -0.4 is 4.90 Å². The number of ether oxygens (including phenoxy) is 1. The molecule has 0 bridgehead atoms. The van der Waals surface area contributed by atoms with Gasteiger partial charge in [0.2, 0.25) is 16.2 Å². The topological polar surface area (TPSA) is 111 Å². The minimum atomic E-state index is -3.91. The lowest BCUT2D eigenvalue weighted by Gasteiger charge is -2.25. The van der Waals surface area contributed by atoms with Crippen molar-refractivity contribution in [1.29, 1.82) is 0 Å². The van der Waals surface area contributed by atoms with Gasteiger partial charge in [-0.25, -0.2) is 13.4 Å². The second kappa shape index (κ2) is 9.09. The predicted molar refractivity (Wildman–Crippen MR) is 114 cm³/mol. The Labute approximate surface area is 180 Å². The molecule has 3 rings (SSSR count). The van der Waals surface area contributed by atoms with Crippen LogP contribution in [0.2, 0.25) is 0 Å². The zero-order chi connectivity index (χ0) is 22.6. The molecule has 1 amide bonds. The van der Waals surface area contributed by atoms with Crippen molar-refractivity contribution in [1.82, 2.24) is 14.8 Å². The van der Waals surface area contributed by atoms with Gasteiger partial charge in [-0.2, -0.15) is 5.10 Å². The van der Waals surface area contributed by atoms with E-state index in [0.717, 1.165) is 18.4 Å². The van der Waals surface area contributed by atoms with Crippen molar-refractivity contribution in [3.05, 3.63) is 60.3 Å². The molecular weight excluding hydrogens is 420 g/mol. The zero-order valence-electron chi connectivity index (χ0n) is 17.3. The van der Waals surface area contributed by atoms with E-state index in [9.17, 15) is 18.0 Å². The molecule has 0 saturated heterocycles. The molecule has 1 aromatic carbocycles. The van der Waals surface area contributed by atoms with E-state index in [0.29, 0.717) is 17.8 Å². The van der Waals surface area contributed by atoms with Crippen LogP contribution in [0.25, 0.3) is 11.3 Å². The maximum atomic E-state index is 12.2. The highest BCUT2D eigenvalue weighted by Crippen LogP contribution is 2.29. The van der Waals surface area contributed by atoms with E-state index in [2.05, 4.69) is 14.8 Å². The zero-order valence-corrected chi connectivity index (χ0v) is 18.1. The first-order valence-corrected chi connectivity index (χ1v) is 11.0. The van der Waals surface area contributed by atoms with Crippen molar-refractivity contribution < 1.29 is 22.7 Å². The van der Waals surface area contributed by atoms with E-state index in [1.807, 2.05) is 36.4 Å². The summed E-state index contributed by atoms with van der Waals surface area (Å²) in [5.74, 6) is -1.08. The first-order valence-electron chi connectivity index (χ1n) is 9.35. The number of aromatic nitrogens is 3. The minimum Gasteiger partial charge on any atom is -0.468 e. The van der Waals surface area contributed by atoms with Crippen LogP contribution in [0, 0.1) is 0 Å². The van der Waals surface area contributed by atoms with Gasteiger partial charge in [0.15, 0.2) is 10.8 Å². The molecule has 3 aromatic rings. The molecule has 2 aromatic heterocycles. The summed E-state index contributed by atoms with van der Waals surface area (Å²) >= 11 is 0. The summed E-state index contributed by atoms with van der Waals surface area (Å²) in [6.45, 7) is 1.79. The molecular formula is C21H22N4O5S. The molecule has 0 aliphatic carbocycles. The maximum Gasteiger partial charge on any atom is 0.321 e. The molecule has 0 saturated carbocycles. The number of nitrogens with zero attached hydrogens (tertiary/aromatic N) is 4. The summed E-state index contributed by atoms with van der Waals surface area (Å²) in [6, 6.07) is 13.8. The van der Waals surface area contributed by atoms with Crippen LogP contribution in [-0.4, -0.2) is 48.4 Å². The number of sulfone groups is 1. The number of hydrogen-bond acceptors (Lipinski definition) is 7. The summed E-state index contributed by atoms with van der Waals surface area (Å²) in [4.78, 5) is 28.7. The largest absolute Gasteiger partial charge is 0.468 e. The summed E-state index contributed by atoms with van der Waals surface area (Å²) in [7, 11) is -1.05. The second-order valence-corrected chi connectivity index (χ2v) is 8.77. The Morgan fingerprint density at radius 3 is 2.52 bits per heavy atom. The van der Waals surface area contributed by atoms with E-state index in [-0.39, 0.29) is 5.03 Å². The number of hydrogen-bond donors (Lipinski definition) is 0. The molecule has 0 aliphatic heterocycles. The molecule has 2 heterocycles. The summed E-state index contributed by atoms with van der Waals surface area (Å²) in [5, 5.41) is 4.25. The van der Waals surface area contributed by atoms with Gasteiger partial charge in [0.05, 0.1) is 18.8 Å². The normalized spacial score (nSPS) is 12.2. The van der Waals surface area contributed by atoms with Gasteiger partial charge in [-0.3, -0.25) is 19.2 Å². The van der Waals surface area contributed by atoms with Crippen molar-refractivity contribution in [3.63, 3.8) is 0 Å². The third-order valence-corrected chi connectivity index (χ3v) is 6.31. The number of anilines is 1. The molecule has 10 heteroatoms. The number of methoxy groups -OCH3 is 1. The minimum absolute atomic E-state index is 0.238. The number of carbonyl (C=O) groups excluding carboxylic acids is 2. The van der Waals surface area contributed by atoms with Gasteiger partial charge in [0, 0.05) is 24.9 Å². The van der Waals surface area contributed by atoms with E-state index < -0.39 is 27.6 Å². The van der Waals surface area contributed by atoms with Crippen molar-refractivity contribution in [2.45, 2.75) is 18.0 Å².